The summed E-state index contributed by atoms with van der Waals surface area (Å²) in [7, 11) is 0. The van der Waals surface area contributed by atoms with Crippen LogP contribution in [0.15, 0.2) is 30.3 Å². The lowest BCUT2D eigenvalue weighted by Crippen LogP contribution is -2.41. The molecular weight excluding hydrogens is 349 g/mol. The zero-order valence-corrected chi connectivity index (χ0v) is 15.8. The third-order valence-electron chi connectivity index (χ3n) is 5.19. The van der Waals surface area contributed by atoms with Gasteiger partial charge in [-0.1, -0.05) is 12.1 Å². The molecule has 0 unspecified atom stereocenters. The maximum atomic E-state index is 13.2. The first-order chi connectivity index (χ1) is 12.7. The normalized spacial score (nSPS) is 19.5. The number of imide groups is 1. The van der Waals surface area contributed by atoms with Crippen LogP contribution < -0.4 is 5.32 Å². The SMILES string of the molecule is CCn1c(C)cc(C(=O)CN2C(=O)N[C@@](C)(c3ccc(F)cc3)C2=O)c1C. The third kappa shape index (κ3) is 3.03. The fourth-order valence-corrected chi connectivity index (χ4v) is 3.62. The molecule has 1 aliphatic rings. The minimum Gasteiger partial charge on any atom is -0.349 e. The maximum absolute atomic E-state index is 13.2. The van der Waals surface area contributed by atoms with Crippen molar-refractivity contribution in [1.82, 2.24) is 14.8 Å². The Labute approximate surface area is 157 Å². The van der Waals surface area contributed by atoms with Crippen LogP contribution in [0.5, 0.6) is 0 Å². The number of Topliss-reactive ketones (excluding diaryl/α,β-unsaturated/α-hetero) is 1. The zero-order valence-electron chi connectivity index (χ0n) is 15.8. The van der Waals surface area contributed by atoms with Crippen LogP contribution in [0.2, 0.25) is 0 Å². The number of urea groups is 1. The van der Waals surface area contributed by atoms with E-state index in [0.29, 0.717) is 11.1 Å². The van der Waals surface area contributed by atoms with Crippen LogP contribution >= 0.6 is 0 Å². The Balaban J connectivity index is 1.86. The molecule has 2 aromatic rings. The quantitative estimate of drug-likeness (QED) is 0.649. The van der Waals surface area contributed by atoms with Crippen molar-refractivity contribution in [2.75, 3.05) is 6.54 Å². The molecule has 1 saturated heterocycles. The van der Waals surface area contributed by atoms with Crippen molar-refractivity contribution in [2.24, 2.45) is 0 Å². The Morgan fingerprint density at radius 1 is 1.19 bits per heavy atom. The Kier molecular flexibility index (Phi) is 4.63. The molecule has 0 aliphatic carbocycles. The molecule has 3 amide bonds. The summed E-state index contributed by atoms with van der Waals surface area (Å²) in [6.45, 7) is 7.69. The molecule has 6 nitrogen and oxygen atoms in total. The molecule has 3 rings (SSSR count). The summed E-state index contributed by atoms with van der Waals surface area (Å²) in [5, 5.41) is 2.62. The lowest BCUT2D eigenvalue weighted by Gasteiger charge is -2.22. The molecule has 0 bridgehead atoms. The van der Waals surface area contributed by atoms with E-state index in [0.717, 1.165) is 22.8 Å². The van der Waals surface area contributed by atoms with Gasteiger partial charge in [-0.2, -0.15) is 0 Å². The zero-order chi connectivity index (χ0) is 19.9. The summed E-state index contributed by atoms with van der Waals surface area (Å²) < 4.78 is 15.2. The fourth-order valence-electron chi connectivity index (χ4n) is 3.62. The van der Waals surface area contributed by atoms with Crippen LogP contribution in [0, 0.1) is 19.7 Å². The first-order valence-corrected chi connectivity index (χ1v) is 8.79. The van der Waals surface area contributed by atoms with Crippen molar-refractivity contribution in [2.45, 2.75) is 39.8 Å². The number of hydrogen-bond acceptors (Lipinski definition) is 3. The van der Waals surface area contributed by atoms with Crippen LogP contribution in [0.25, 0.3) is 0 Å². The van der Waals surface area contributed by atoms with Gasteiger partial charge in [0.1, 0.15) is 11.4 Å². The molecule has 0 saturated carbocycles. The van der Waals surface area contributed by atoms with Gasteiger partial charge in [-0.15, -0.1) is 0 Å². The van der Waals surface area contributed by atoms with Crippen molar-refractivity contribution >= 4 is 17.7 Å². The van der Waals surface area contributed by atoms with Crippen LogP contribution in [0.3, 0.4) is 0 Å². The Hall–Kier alpha value is -2.96. The van der Waals surface area contributed by atoms with Gasteiger partial charge in [0.05, 0.1) is 6.54 Å². The second-order valence-electron chi connectivity index (χ2n) is 6.91. The number of rotatable bonds is 5. The Bertz CT molecular complexity index is 933. The minimum atomic E-state index is -1.33. The molecule has 0 spiro atoms. The minimum absolute atomic E-state index is 0.297. The highest BCUT2D eigenvalue weighted by atomic mass is 19.1. The Morgan fingerprint density at radius 2 is 1.81 bits per heavy atom. The van der Waals surface area contributed by atoms with Crippen LogP contribution in [-0.4, -0.2) is 33.7 Å². The number of carbonyl (C=O) groups is 3. The van der Waals surface area contributed by atoms with Crippen molar-refractivity contribution in [3.05, 3.63) is 58.7 Å². The van der Waals surface area contributed by atoms with E-state index < -0.39 is 23.3 Å². The van der Waals surface area contributed by atoms with E-state index in [1.165, 1.54) is 24.3 Å². The number of nitrogens with zero attached hydrogens (tertiary/aromatic N) is 2. The highest BCUT2D eigenvalue weighted by Crippen LogP contribution is 2.29. The highest BCUT2D eigenvalue weighted by molar-refractivity contribution is 6.11. The number of halogens is 1. The van der Waals surface area contributed by atoms with Crippen LogP contribution in [-0.2, 0) is 16.9 Å². The summed E-state index contributed by atoms with van der Waals surface area (Å²) >= 11 is 0. The van der Waals surface area contributed by atoms with E-state index in [2.05, 4.69) is 5.32 Å². The summed E-state index contributed by atoms with van der Waals surface area (Å²) in [5.74, 6) is -1.26. The number of aryl methyl sites for hydroxylation is 1. The molecule has 1 aromatic carbocycles. The van der Waals surface area contributed by atoms with Crippen LogP contribution in [0.4, 0.5) is 9.18 Å². The molecule has 142 valence electrons. The topological polar surface area (TPSA) is 71.4 Å². The van der Waals surface area contributed by atoms with Gasteiger partial charge in [0, 0.05) is 23.5 Å². The average Bonchev–Trinajstić information content (AvgIpc) is 3.03. The van der Waals surface area contributed by atoms with Gasteiger partial charge in [-0.3, -0.25) is 14.5 Å². The first-order valence-electron chi connectivity index (χ1n) is 8.79. The van der Waals surface area contributed by atoms with Gasteiger partial charge < -0.3 is 9.88 Å². The molecular formula is C20H22FN3O3. The number of aromatic nitrogens is 1. The Morgan fingerprint density at radius 3 is 2.37 bits per heavy atom. The standard InChI is InChI=1S/C20H22FN3O3/c1-5-23-12(2)10-16(13(23)3)17(25)11-24-18(26)20(4,22-19(24)27)14-6-8-15(21)9-7-14/h6-10H,5,11H2,1-4H3,(H,22,27)/t20-/m0/s1. The predicted octanol–water partition coefficient (Wildman–Crippen LogP) is 2.91. The van der Waals surface area contributed by atoms with E-state index >= 15 is 0 Å². The average molecular weight is 371 g/mol. The molecule has 2 heterocycles. The summed E-state index contributed by atoms with van der Waals surface area (Å²) in [6.07, 6.45) is 0. The lowest BCUT2D eigenvalue weighted by molar-refractivity contribution is -0.130. The van der Waals surface area contributed by atoms with Gasteiger partial charge >= 0.3 is 6.03 Å². The third-order valence-corrected chi connectivity index (χ3v) is 5.19. The van der Waals surface area contributed by atoms with Crippen molar-refractivity contribution in [3.8, 4) is 0 Å². The summed E-state index contributed by atoms with van der Waals surface area (Å²) in [5.41, 5.74) is 1.40. The number of benzene rings is 1. The fraction of sp³-hybridized carbons (Fsp3) is 0.350. The van der Waals surface area contributed by atoms with Gasteiger partial charge in [0.2, 0.25) is 0 Å². The van der Waals surface area contributed by atoms with E-state index in [-0.39, 0.29) is 12.3 Å². The molecule has 7 heteroatoms. The smallest absolute Gasteiger partial charge is 0.325 e. The molecule has 1 atom stereocenters. The summed E-state index contributed by atoms with van der Waals surface area (Å²) in [4.78, 5) is 38.9. The van der Waals surface area contributed by atoms with E-state index in [1.807, 2.05) is 25.3 Å². The van der Waals surface area contributed by atoms with Crippen LogP contribution in [0.1, 0.15) is 41.2 Å². The molecule has 1 fully saturated rings. The number of carbonyl (C=O) groups excluding carboxylic acids is 3. The highest BCUT2D eigenvalue weighted by Gasteiger charge is 2.49. The second-order valence-corrected chi connectivity index (χ2v) is 6.91. The van der Waals surface area contributed by atoms with E-state index in [1.54, 1.807) is 13.0 Å². The molecule has 1 N–H and O–H groups in total. The number of amides is 3. The monoisotopic (exact) mass is 371 g/mol. The lowest BCUT2D eigenvalue weighted by atomic mass is 9.92. The van der Waals surface area contributed by atoms with Gasteiger partial charge in [-0.05, 0) is 51.5 Å². The van der Waals surface area contributed by atoms with Gasteiger partial charge in [-0.25, -0.2) is 9.18 Å². The van der Waals surface area contributed by atoms with Crippen molar-refractivity contribution < 1.29 is 18.8 Å². The predicted molar refractivity (Wildman–Crippen MR) is 97.9 cm³/mol. The largest absolute Gasteiger partial charge is 0.349 e. The number of ketones is 1. The number of hydrogen-bond donors (Lipinski definition) is 1. The second kappa shape index (κ2) is 6.64. The van der Waals surface area contributed by atoms with Gasteiger partial charge in [0.25, 0.3) is 5.91 Å². The number of nitrogens with one attached hydrogen (secondary N) is 1. The van der Waals surface area contributed by atoms with E-state index in [4.69, 9.17) is 0 Å². The first kappa shape index (κ1) is 18.8. The van der Waals surface area contributed by atoms with E-state index in [9.17, 15) is 18.8 Å². The molecule has 1 aromatic heterocycles. The molecule has 27 heavy (non-hydrogen) atoms. The van der Waals surface area contributed by atoms with Gasteiger partial charge in [0.15, 0.2) is 5.78 Å². The van der Waals surface area contributed by atoms with Crippen molar-refractivity contribution in [1.29, 1.82) is 0 Å². The maximum Gasteiger partial charge on any atom is 0.325 e. The molecule has 0 radical (unpaired) electrons. The van der Waals surface area contributed by atoms with Crippen molar-refractivity contribution in [3.63, 3.8) is 0 Å². The molecule has 1 aliphatic heterocycles. The summed E-state index contributed by atoms with van der Waals surface area (Å²) in [6, 6.07) is 6.51.